The number of hydrogen-bond donors (Lipinski definition) is 4. The summed E-state index contributed by atoms with van der Waals surface area (Å²) < 4.78 is 160. The number of likely N-dealkylation sites (tertiary alicyclic amines) is 4. The molecule has 748 valence electrons. The molecule has 4 amide bonds. The van der Waals surface area contributed by atoms with Crippen LogP contribution in [0.2, 0.25) is 0 Å². The van der Waals surface area contributed by atoms with Crippen LogP contribution >= 0.6 is 0 Å². The van der Waals surface area contributed by atoms with Crippen molar-refractivity contribution in [3.05, 3.63) is 201 Å². The number of aliphatic hydroxyl groups is 4. The normalized spacial score (nSPS) is 19.2. The molecule has 0 unspecified atom stereocenters. The molecule has 8 heterocycles. The fourth-order valence-electron chi connectivity index (χ4n) is 21.2. The van der Waals surface area contributed by atoms with Crippen molar-refractivity contribution in [3.8, 4) is 126 Å². The Labute approximate surface area is 811 Å². The van der Waals surface area contributed by atoms with Gasteiger partial charge >= 0.3 is 13.2 Å². The maximum atomic E-state index is 13.7. The van der Waals surface area contributed by atoms with E-state index in [1.165, 1.54) is 48.5 Å². The Morgan fingerprint density at radius 1 is 0.317 bits per heavy atom. The van der Waals surface area contributed by atoms with Gasteiger partial charge in [0, 0.05) is 144 Å². The lowest BCUT2D eigenvalue weighted by Crippen LogP contribution is -2.32. The van der Waals surface area contributed by atoms with E-state index in [0.29, 0.717) is 124 Å². The maximum Gasteiger partial charge on any atom is 0.387 e. The Morgan fingerprint density at radius 2 is 0.556 bits per heavy atom. The molecule has 4 aliphatic carbocycles. The topological polar surface area (TPSA) is 373 Å². The smallest absolute Gasteiger partial charge is 0.387 e. The summed E-state index contributed by atoms with van der Waals surface area (Å²) in [5, 5.41) is 53.8. The highest BCUT2D eigenvalue weighted by molar-refractivity contribution is 5.86. The number of hydrogen-bond acceptors (Lipinski definition) is 26. The van der Waals surface area contributed by atoms with E-state index in [9.17, 15) is 74.7 Å². The van der Waals surface area contributed by atoms with Crippen LogP contribution in [0.5, 0.6) is 34.5 Å². The maximum absolute atomic E-state index is 13.7. The summed E-state index contributed by atoms with van der Waals surface area (Å²) in [5.41, 5.74) is 12.0. The second-order valence-corrected chi connectivity index (χ2v) is 37.9. The third-order valence-electron chi connectivity index (χ3n) is 27.1. The first kappa shape index (κ1) is 99.8. The SMILES string of the molecule is CC(C)Oc1ccc(-c2nc(-c3cccc4c3CC[C@@]43CC(=O)N(CCO)C3)no2)cc1C(F)F.CC(C)Oc1ccc(-c2nc(-c3cccc4c3CC[C@@]43CC(=O)N(CCO)C3)no2)cc1OC(F)F.CC(C)Oc1ccc(-c2nc(-c3cccc4c3CC[C@]43CC(=O)N(CCO)C3)no2)cc1C(F)F.CC(C)Oc1ccc(-c2nc(-c3cccc4c3CC[C@]43CC(=O)N(CCO)C3)no2)cc1OC(F)F. The van der Waals surface area contributed by atoms with Gasteiger partial charge in [-0.05, 0) is 224 Å². The van der Waals surface area contributed by atoms with Crippen LogP contribution in [0.25, 0.3) is 91.4 Å². The van der Waals surface area contributed by atoms with Gasteiger partial charge in [-0.1, -0.05) is 93.4 Å². The Bertz CT molecular complexity index is 6240. The summed E-state index contributed by atoms with van der Waals surface area (Å²) in [5.74, 6) is 2.78. The Hall–Kier alpha value is -13.7. The van der Waals surface area contributed by atoms with Crippen LogP contribution in [0.3, 0.4) is 0 Å². The number of ether oxygens (including phenoxy) is 6. The molecule has 4 saturated heterocycles. The Kier molecular flexibility index (Phi) is 29.4. The number of β-amino-alcohol motifs (C(OH)–C–C–N with tert-alkyl or cyclic N) is 4. The van der Waals surface area contributed by atoms with Crippen LogP contribution in [0.1, 0.15) is 175 Å². The predicted molar refractivity (Wildman–Crippen MR) is 500 cm³/mol. The first-order chi connectivity index (χ1) is 68.2. The molecule has 4 fully saturated rings. The number of alkyl halides is 8. The van der Waals surface area contributed by atoms with E-state index in [4.69, 9.17) is 37.0 Å². The highest BCUT2D eigenvalue weighted by Crippen LogP contribution is 2.54. The number of amides is 4. The van der Waals surface area contributed by atoms with Crippen molar-refractivity contribution in [2.24, 2.45) is 0 Å². The van der Waals surface area contributed by atoms with Gasteiger partial charge in [0.25, 0.3) is 36.4 Å². The second kappa shape index (κ2) is 41.8. The van der Waals surface area contributed by atoms with Gasteiger partial charge in [-0.15, -0.1) is 0 Å². The number of nitrogens with zero attached hydrogens (tertiary/aromatic N) is 12. The molecule has 8 aliphatic rings. The quantitative estimate of drug-likeness (QED) is 0.0304. The van der Waals surface area contributed by atoms with Gasteiger partial charge in [0.2, 0.25) is 46.9 Å². The average molecular weight is 1970 g/mol. The molecule has 0 radical (unpaired) electrons. The van der Waals surface area contributed by atoms with Crippen molar-refractivity contribution >= 4 is 23.6 Å². The van der Waals surface area contributed by atoms with Crippen molar-refractivity contribution in [2.45, 2.75) is 205 Å². The number of carbonyl (C=O) groups is 4. The van der Waals surface area contributed by atoms with Gasteiger partial charge in [-0.25, -0.2) is 17.6 Å². The van der Waals surface area contributed by atoms with E-state index in [-0.39, 0.29) is 165 Å². The van der Waals surface area contributed by atoms with Crippen LogP contribution in [-0.4, -0.2) is 221 Å². The van der Waals surface area contributed by atoms with E-state index in [1.807, 2.05) is 72.8 Å². The zero-order chi connectivity index (χ0) is 100. The highest BCUT2D eigenvalue weighted by atomic mass is 19.3. The van der Waals surface area contributed by atoms with E-state index in [2.05, 4.69) is 50.0 Å². The number of halogens is 8. The fraction of sp³-hybridized carbons (Fsp3) is 0.423. The van der Waals surface area contributed by atoms with E-state index in [0.717, 1.165) is 118 Å². The number of aromatic nitrogens is 8. The molecule has 38 heteroatoms. The van der Waals surface area contributed by atoms with Gasteiger partial charge in [-0.3, -0.25) is 19.2 Å². The van der Waals surface area contributed by atoms with E-state index in [1.54, 1.807) is 99.3 Å². The summed E-state index contributed by atoms with van der Waals surface area (Å²) in [6.07, 6.45) is 1.71. The Morgan fingerprint density at radius 3 is 0.789 bits per heavy atom. The molecular weight excluding hydrogens is 1860 g/mol. The van der Waals surface area contributed by atoms with Crippen LogP contribution in [0.4, 0.5) is 35.1 Å². The van der Waals surface area contributed by atoms with Crippen molar-refractivity contribution in [1.29, 1.82) is 0 Å². The minimum atomic E-state index is -3.01. The summed E-state index contributed by atoms with van der Waals surface area (Å²) in [4.78, 5) is 75.1. The first-order valence-corrected chi connectivity index (χ1v) is 47.3. The number of aliphatic hydroxyl groups excluding tert-OH is 4. The van der Waals surface area contributed by atoms with Gasteiger partial charge in [0.1, 0.15) is 11.5 Å². The first-order valence-electron chi connectivity index (χ1n) is 47.3. The molecular formula is C104H108F8N12O18. The summed E-state index contributed by atoms with van der Waals surface area (Å²) in [6, 6.07) is 41.6. The predicted octanol–water partition coefficient (Wildman–Crippen LogP) is 17.5. The van der Waals surface area contributed by atoms with Crippen LogP contribution in [0, 0.1) is 0 Å². The second-order valence-electron chi connectivity index (χ2n) is 37.9. The monoisotopic (exact) mass is 1960 g/mol. The lowest BCUT2D eigenvalue weighted by Gasteiger charge is -2.24. The third-order valence-corrected chi connectivity index (χ3v) is 27.1. The van der Waals surface area contributed by atoms with Crippen LogP contribution < -0.4 is 28.4 Å². The molecule has 12 aromatic rings. The number of benzene rings is 8. The molecule has 4 spiro atoms. The standard InChI is InChI=1S/2C26H27F2N3O5.2C26H27F2N3O4/c2*1-15(2)34-20-7-6-16(12-21(20)35-25(27)28)24-29-23(30-36-24)18-4-3-5-19-17(18)8-9-26(19)13-22(33)31(14-26)10-11-32;2*1-15(2)34-21-7-6-16(12-19(21)23(27)28)25-29-24(30-35-25)18-4-3-5-20-17(18)8-9-26(20)13-22(33)31(14-26)10-11-32/h2*3-7,12,15,25,32H,8-11,13-14H2,1-2H3;2*3-7,12,15,23,32H,8-11,13-14H2,1-2H3/t4*26-/m1010/s1. The summed E-state index contributed by atoms with van der Waals surface area (Å²) in [6.45, 7) is 11.7. The number of fused-ring (bicyclic) bond motifs is 8. The molecule has 4 aromatic heterocycles. The fourth-order valence-corrected chi connectivity index (χ4v) is 21.2. The molecule has 30 nitrogen and oxygen atoms in total. The molecule has 0 bridgehead atoms. The summed E-state index contributed by atoms with van der Waals surface area (Å²) >= 11 is 0. The molecule has 8 aromatic carbocycles. The molecule has 0 saturated carbocycles. The zero-order valence-corrected chi connectivity index (χ0v) is 79.3. The third kappa shape index (κ3) is 20.6. The average Bonchev–Trinajstić information content (AvgIpc) is 1.59. The van der Waals surface area contributed by atoms with Crippen molar-refractivity contribution in [1.82, 2.24) is 60.2 Å². The molecule has 20 rings (SSSR count). The van der Waals surface area contributed by atoms with Gasteiger partial charge in [0.15, 0.2) is 23.0 Å². The van der Waals surface area contributed by atoms with Gasteiger partial charge in [0.05, 0.1) is 62.0 Å². The lowest BCUT2D eigenvalue weighted by atomic mass is 9.80. The molecule has 4 N–H and O–H groups in total. The van der Waals surface area contributed by atoms with E-state index >= 15 is 0 Å². The lowest BCUT2D eigenvalue weighted by molar-refractivity contribution is -0.128. The van der Waals surface area contributed by atoms with Crippen LogP contribution in [0.15, 0.2) is 164 Å². The van der Waals surface area contributed by atoms with Gasteiger partial charge < -0.3 is 86.5 Å². The molecule has 4 atom stereocenters. The van der Waals surface area contributed by atoms with Crippen molar-refractivity contribution in [3.63, 3.8) is 0 Å². The van der Waals surface area contributed by atoms with Crippen molar-refractivity contribution in [2.75, 3.05) is 78.8 Å². The minimum Gasteiger partial charge on any atom is -0.491 e. The number of rotatable bonds is 30. The molecule has 142 heavy (non-hydrogen) atoms. The summed E-state index contributed by atoms with van der Waals surface area (Å²) in [7, 11) is 0. The van der Waals surface area contributed by atoms with Crippen LogP contribution in [-0.2, 0) is 66.5 Å². The minimum absolute atomic E-state index is 0.0517. The Balaban J connectivity index is 0.000000130. The molecule has 4 aliphatic heterocycles. The largest absolute Gasteiger partial charge is 0.491 e. The highest BCUT2D eigenvalue weighted by Gasteiger charge is 2.53. The number of carbonyl (C=O) groups excluding carboxylic acids is 4. The van der Waals surface area contributed by atoms with Crippen molar-refractivity contribution < 1.29 is 121 Å². The van der Waals surface area contributed by atoms with E-state index < -0.39 is 26.1 Å². The van der Waals surface area contributed by atoms with Gasteiger partial charge in [-0.2, -0.15) is 37.5 Å². The zero-order valence-electron chi connectivity index (χ0n) is 79.3.